The smallest absolute Gasteiger partial charge is 0.143 e. The number of hydrogen-bond donors (Lipinski definition) is 0. The summed E-state index contributed by atoms with van der Waals surface area (Å²) < 4.78 is 8.77. The Bertz CT molecular complexity index is 2580. The zero-order chi connectivity index (χ0) is 29.9. The van der Waals surface area contributed by atoms with E-state index in [4.69, 9.17) is 9.41 Å². The fourth-order valence-corrected chi connectivity index (χ4v) is 6.89. The van der Waals surface area contributed by atoms with Gasteiger partial charge in [0.05, 0.1) is 22.4 Å². The summed E-state index contributed by atoms with van der Waals surface area (Å²) in [6.45, 7) is 4.39. The minimum atomic E-state index is 0.436. The monoisotopic (exact) mass is 577 g/mol. The molecule has 4 nitrogen and oxygen atoms in total. The fourth-order valence-electron chi connectivity index (χ4n) is 6.89. The van der Waals surface area contributed by atoms with E-state index >= 15 is 0 Å². The highest BCUT2D eigenvalue weighted by Gasteiger charge is 2.21. The molecule has 8 aromatic rings. The predicted molar refractivity (Wildman–Crippen MR) is 189 cm³/mol. The van der Waals surface area contributed by atoms with Gasteiger partial charge < -0.3 is 8.98 Å². The Morgan fingerprint density at radius 2 is 1.42 bits per heavy atom. The van der Waals surface area contributed by atoms with Crippen LogP contribution in [0.3, 0.4) is 0 Å². The lowest BCUT2D eigenvalue weighted by molar-refractivity contribution is 0.672. The van der Waals surface area contributed by atoms with Crippen molar-refractivity contribution in [2.75, 3.05) is 0 Å². The van der Waals surface area contributed by atoms with Crippen molar-refractivity contribution in [3.63, 3.8) is 0 Å². The molecule has 0 unspecified atom stereocenters. The molecule has 0 aliphatic heterocycles. The van der Waals surface area contributed by atoms with E-state index in [-0.39, 0.29) is 0 Å². The molecule has 212 valence electrons. The van der Waals surface area contributed by atoms with Crippen LogP contribution in [0.4, 0.5) is 0 Å². The molecule has 0 N–H and O–H groups in total. The third kappa shape index (κ3) is 3.93. The second-order valence-corrected chi connectivity index (χ2v) is 11.4. The van der Waals surface area contributed by atoms with Crippen molar-refractivity contribution in [2.45, 2.75) is 6.67 Å². The van der Waals surface area contributed by atoms with Gasteiger partial charge in [0.15, 0.2) is 0 Å². The number of allylic oxidation sites excluding steroid dienone is 2. The van der Waals surface area contributed by atoms with Crippen LogP contribution in [0.2, 0.25) is 0 Å². The lowest BCUT2D eigenvalue weighted by atomic mass is 9.89. The second kappa shape index (κ2) is 10.0. The molecular formula is C41H27N3O. The van der Waals surface area contributed by atoms with Crippen LogP contribution in [0.25, 0.3) is 66.3 Å². The van der Waals surface area contributed by atoms with E-state index in [1.54, 1.807) is 0 Å². The number of para-hydroxylation sites is 2. The van der Waals surface area contributed by atoms with Crippen LogP contribution in [0.5, 0.6) is 0 Å². The molecule has 1 aliphatic rings. The maximum atomic E-state index is 6.45. The lowest BCUT2D eigenvalue weighted by Gasteiger charge is -2.19. The van der Waals surface area contributed by atoms with Gasteiger partial charge in [0.1, 0.15) is 17.8 Å². The molecule has 0 saturated heterocycles. The van der Waals surface area contributed by atoms with Gasteiger partial charge in [-0.15, -0.1) is 0 Å². The maximum absolute atomic E-state index is 6.45. The van der Waals surface area contributed by atoms with Gasteiger partial charge in [-0.25, -0.2) is 0 Å². The summed E-state index contributed by atoms with van der Waals surface area (Å²) in [4.78, 5) is 9.89. The lowest BCUT2D eigenvalue weighted by Crippen LogP contribution is -2.13. The number of hydrogen-bond acceptors (Lipinski definition) is 3. The van der Waals surface area contributed by atoms with Crippen LogP contribution >= 0.6 is 0 Å². The molecule has 4 heteroatoms. The fraction of sp³-hybridized carbons (Fsp3) is 0.0244. The van der Waals surface area contributed by atoms with Crippen molar-refractivity contribution in [2.24, 2.45) is 9.98 Å². The van der Waals surface area contributed by atoms with Crippen molar-refractivity contribution < 1.29 is 4.42 Å². The quantitative estimate of drug-likeness (QED) is 0.192. The number of aliphatic imine (C=N–C) groups is 2. The first-order valence-electron chi connectivity index (χ1n) is 15.1. The highest BCUT2D eigenvalue weighted by molar-refractivity contribution is 6.23. The Hall–Kier alpha value is -6.00. The van der Waals surface area contributed by atoms with Crippen molar-refractivity contribution in [1.29, 1.82) is 0 Å². The summed E-state index contributed by atoms with van der Waals surface area (Å²) in [6.07, 6.45) is 4.26. The van der Waals surface area contributed by atoms with Gasteiger partial charge in [0.25, 0.3) is 0 Å². The van der Waals surface area contributed by atoms with Crippen LogP contribution < -0.4 is 0 Å². The first-order valence-corrected chi connectivity index (χ1v) is 15.1. The standard InChI is InChI=1S/C41H27N3O/c1-42-39(27-12-3-2-4-13-27)33-22-19-26-11-5-6-14-29(26)40(33)43-25-44-36-17-9-7-15-30(36)35-23-28-20-21-32-31-16-8-10-18-38(31)45-41(32)34(28)24-37(35)44/h2-24H,1,25H2/b39-33-,43-40-. The molecule has 1 aliphatic carbocycles. The Morgan fingerprint density at radius 3 is 2.31 bits per heavy atom. The van der Waals surface area contributed by atoms with E-state index in [0.29, 0.717) is 6.67 Å². The van der Waals surface area contributed by atoms with E-state index < -0.39 is 0 Å². The summed E-state index contributed by atoms with van der Waals surface area (Å²) in [5.41, 5.74) is 10.0. The molecule has 0 bridgehead atoms. The van der Waals surface area contributed by atoms with Gasteiger partial charge >= 0.3 is 0 Å². The highest BCUT2D eigenvalue weighted by Crippen LogP contribution is 2.39. The molecule has 0 fully saturated rings. The first-order chi connectivity index (χ1) is 22.3. The Balaban J connectivity index is 1.29. The Kier molecular flexibility index (Phi) is 5.69. The molecule has 0 atom stereocenters. The number of furan rings is 1. The zero-order valence-corrected chi connectivity index (χ0v) is 24.4. The number of rotatable bonds is 4. The summed E-state index contributed by atoms with van der Waals surface area (Å²) in [7, 11) is 0. The molecule has 2 heterocycles. The third-order valence-electron chi connectivity index (χ3n) is 8.98. The summed E-state index contributed by atoms with van der Waals surface area (Å²) >= 11 is 0. The van der Waals surface area contributed by atoms with E-state index in [0.717, 1.165) is 77.4 Å². The zero-order valence-electron chi connectivity index (χ0n) is 24.4. The SMILES string of the molecule is C=N/C(=C1/C=Cc2ccccc2/C1=N/Cn1c2ccccc2c2cc3ccc4c5ccccc5oc4c3cc21)c1ccccc1. The molecule has 0 spiro atoms. The van der Waals surface area contributed by atoms with Gasteiger partial charge in [0, 0.05) is 43.6 Å². The summed E-state index contributed by atoms with van der Waals surface area (Å²) in [5, 5.41) is 6.93. The van der Waals surface area contributed by atoms with Crippen molar-refractivity contribution in [3.05, 3.63) is 156 Å². The molecule has 9 rings (SSSR count). The van der Waals surface area contributed by atoms with Crippen LogP contribution in [0.1, 0.15) is 16.7 Å². The topological polar surface area (TPSA) is 42.8 Å². The minimum absolute atomic E-state index is 0.436. The van der Waals surface area contributed by atoms with Crippen LogP contribution in [-0.2, 0) is 6.67 Å². The first kappa shape index (κ1) is 25.5. The molecular weight excluding hydrogens is 550 g/mol. The summed E-state index contributed by atoms with van der Waals surface area (Å²) in [5.74, 6) is 0. The van der Waals surface area contributed by atoms with Crippen molar-refractivity contribution in [3.8, 4) is 0 Å². The number of aromatic nitrogens is 1. The van der Waals surface area contributed by atoms with Gasteiger partial charge in [-0.3, -0.25) is 9.98 Å². The van der Waals surface area contributed by atoms with E-state index in [1.165, 1.54) is 10.8 Å². The van der Waals surface area contributed by atoms with Gasteiger partial charge in [-0.05, 0) is 54.1 Å². The molecule has 6 aromatic carbocycles. The Morgan fingerprint density at radius 1 is 0.644 bits per heavy atom. The Labute approximate surface area is 259 Å². The van der Waals surface area contributed by atoms with Crippen LogP contribution in [0.15, 0.2) is 153 Å². The number of nitrogens with zero attached hydrogens (tertiary/aromatic N) is 3. The average Bonchev–Trinajstić information content (AvgIpc) is 3.63. The number of benzene rings is 6. The molecule has 2 aromatic heterocycles. The minimum Gasteiger partial charge on any atom is -0.455 e. The largest absolute Gasteiger partial charge is 0.455 e. The normalized spacial score (nSPS) is 15.1. The highest BCUT2D eigenvalue weighted by atomic mass is 16.3. The van der Waals surface area contributed by atoms with Gasteiger partial charge in [0.2, 0.25) is 0 Å². The second-order valence-electron chi connectivity index (χ2n) is 11.4. The van der Waals surface area contributed by atoms with E-state index in [1.807, 2.05) is 30.3 Å². The molecule has 0 radical (unpaired) electrons. The maximum Gasteiger partial charge on any atom is 0.143 e. The summed E-state index contributed by atoms with van der Waals surface area (Å²) in [6, 6.07) is 44.4. The molecule has 45 heavy (non-hydrogen) atoms. The third-order valence-corrected chi connectivity index (χ3v) is 8.98. The van der Waals surface area contributed by atoms with E-state index in [9.17, 15) is 0 Å². The molecule has 0 saturated carbocycles. The average molecular weight is 578 g/mol. The van der Waals surface area contributed by atoms with E-state index in [2.05, 4.69) is 125 Å². The van der Waals surface area contributed by atoms with Gasteiger partial charge in [-0.2, -0.15) is 0 Å². The van der Waals surface area contributed by atoms with Gasteiger partial charge in [-0.1, -0.05) is 103 Å². The van der Waals surface area contributed by atoms with Crippen molar-refractivity contribution >= 4 is 78.7 Å². The van der Waals surface area contributed by atoms with Crippen LogP contribution in [0, 0.1) is 0 Å². The molecule has 0 amide bonds. The van der Waals surface area contributed by atoms with Crippen LogP contribution in [-0.4, -0.2) is 17.0 Å². The number of fused-ring (bicyclic) bond motifs is 9. The van der Waals surface area contributed by atoms with Crippen molar-refractivity contribution in [1.82, 2.24) is 4.57 Å². The predicted octanol–water partition coefficient (Wildman–Crippen LogP) is 10.4.